The highest BCUT2D eigenvalue weighted by Crippen LogP contribution is 2.32. The Morgan fingerprint density at radius 2 is 2.15 bits per heavy atom. The molecule has 8 nitrogen and oxygen atoms in total. The lowest BCUT2D eigenvalue weighted by Gasteiger charge is -2.15. The predicted molar refractivity (Wildman–Crippen MR) is 71.4 cm³/mol. The zero-order chi connectivity index (χ0) is 15.1. The molecule has 20 heavy (non-hydrogen) atoms. The van der Waals surface area contributed by atoms with E-state index in [1.807, 2.05) is 0 Å². The van der Waals surface area contributed by atoms with Gasteiger partial charge in [-0.15, -0.1) is 0 Å². The third-order valence-corrected chi connectivity index (χ3v) is 4.91. The maximum atomic E-state index is 11.8. The fourth-order valence-corrected chi connectivity index (χ4v) is 3.08. The van der Waals surface area contributed by atoms with Crippen molar-refractivity contribution in [1.29, 1.82) is 0 Å². The topological polar surface area (TPSA) is 110 Å². The van der Waals surface area contributed by atoms with Gasteiger partial charge in [-0.05, 0) is 0 Å². The second-order valence-corrected chi connectivity index (χ2v) is 7.38. The number of anilines is 1. The summed E-state index contributed by atoms with van der Waals surface area (Å²) < 4.78 is 22.5. The summed E-state index contributed by atoms with van der Waals surface area (Å²) in [4.78, 5) is 26.5. The number of halogens is 2. The number of carbonyl (C=O) groups excluding carboxylic acids is 1. The van der Waals surface area contributed by atoms with Gasteiger partial charge in [-0.25, -0.2) is 13.4 Å². The van der Waals surface area contributed by atoms with Crippen LogP contribution >= 0.6 is 22.3 Å². The van der Waals surface area contributed by atoms with E-state index in [4.69, 9.17) is 22.3 Å². The van der Waals surface area contributed by atoms with Crippen molar-refractivity contribution in [2.45, 2.75) is 11.7 Å². The fourth-order valence-electron chi connectivity index (χ4n) is 1.79. The molecule has 1 aromatic rings. The Hall–Kier alpha value is -1.45. The average Bonchev–Trinajstić information content (AvgIpc) is 2.71. The third kappa shape index (κ3) is 2.84. The van der Waals surface area contributed by atoms with Crippen molar-refractivity contribution in [2.75, 3.05) is 11.4 Å². The number of carbonyl (C=O) groups is 1. The lowest BCUT2D eigenvalue weighted by atomic mass is 10.4. The normalized spacial score (nSPS) is 19.4. The number of rotatable bonds is 3. The van der Waals surface area contributed by atoms with Crippen molar-refractivity contribution in [1.82, 2.24) is 4.98 Å². The maximum Gasteiger partial charge on any atom is 0.289 e. The number of nitro groups is 1. The van der Waals surface area contributed by atoms with Gasteiger partial charge in [0, 0.05) is 29.7 Å². The van der Waals surface area contributed by atoms with E-state index in [0.717, 1.165) is 17.2 Å². The molecule has 1 atom stereocenters. The maximum absolute atomic E-state index is 11.8. The standard InChI is InChI=1S/C9H7Cl2N3O5S/c10-7-1-5(14(16)17)3-12-9(7)13-4-6(2-8(13)15)20(11,18)19/h1,3,6H,2,4H2. The van der Waals surface area contributed by atoms with Gasteiger partial charge in [0.05, 0.1) is 9.95 Å². The van der Waals surface area contributed by atoms with Crippen molar-refractivity contribution < 1.29 is 18.1 Å². The van der Waals surface area contributed by atoms with Crippen LogP contribution in [0.5, 0.6) is 0 Å². The molecule has 2 rings (SSSR count). The van der Waals surface area contributed by atoms with Crippen LogP contribution in [0.15, 0.2) is 12.3 Å². The summed E-state index contributed by atoms with van der Waals surface area (Å²) in [5.41, 5.74) is -0.327. The summed E-state index contributed by atoms with van der Waals surface area (Å²) in [6.45, 7) is -0.185. The minimum absolute atomic E-state index is 0.0231. The summed E-state index contributed by atoms with van der Waals surface area (Å²) in [5.74, 6) is -0.535. The number of amides is 1. The van der Waals surface area contributed by atoms with E-state index in [9.17, 15) is 23.3 Å². The molecule has 0 spiro atoms. The summed E-state index contributed by atoms with van der Waals surface area (Å²) in [6.07, 6.45) is 0.665. The van der Waals surface area contributed by atoms with E-state index in [2.05, 4.69) is 4.98 Å². The van der Waals surface area contributed by atoms with Crippen molar-refractivity contribution in [3.63, 3.8) is 0 Å². The zero-order valence-electron chi connectivity index (χ0n) is 9.69. The van der Waals surface area contributed by atoms with Gasteiger partial charge in [0.25, 0.3) is 5.69 Å². The molecule has 0 saturated carbocycles. The Labute approximate surface area is 122 Å². The highest BCUT2D eigenvalue weighted by atomic mass is 35.7. The lowest BCUT2D eigenvalue weighted by molar-refractivity contribution is -0.385. The van der Waals surface area contributed by atoms with Crippen LogP contribution in [0.1, 0.15) is 6.42 Å². The predicted octanol–water partition coefficient (Wildman–Crippen LogP) is 1.32. The van der Waals surface area contributed by atoms with Gasteiger partial charge in [-0.3, -0.25) is 19.8 Å². The second kappa shape index (κ2) is 5.15. The molecule has 11 heteroatoms. The molecule has 0 N–H and O–H groups in total. The number of nitrogens with zero attached hydrogens (tertiary/aromatic N) is 3. The highest BCUT2D eigenvalue weighted by Gasteiger charge is 2.39. The molecule has 0 bridgehead atoms. The van der Waals surface area contributed by atoms with Crippen LogP contribution in [0.2, 0.25) is 5.02 Å². The van der Waals surface area contributed by atoms with Crippen LogP contribution in [-0.4, -0.2) is 36.0 Å². The molecular formula is C9H7Cl2N3O5S. The molecule has 1 amide bonds. The Balaban J connectivity index is 2.33. The Kier molecular flexibility index (Phi) is 3.85. The molecule has 1 aliphatic rings. The molecule has 1 saturated heterocycles. The van der Waals surface area contributed by atoms with Crippen LogP contribution in [0.3, 0.4) is 0 Å². The first-order chi connectivity index (χ1) is 9.20. The van der Waals surface area contributed by atoms with Crippen LogP contribution in [0.4, 0.5) is 11.5 Å². The summed E-state index contributed by atoms with van der Waals surface area (Å²) >= 11 is 5.84. The molecule has 1 aliphatic heterocycles. The summed E-state index contributed by atoms with van der Waals surface area (Å²) in [5, 5.41) is 9.40. The Morgan fingerprint density at radius 3 is 2.60 bits per heavy atom. The first-order valence-electron chi connectivity index (χ1n) is 5.24. The zero-order valence-corrected chi connectivity index (χ0v) is 12.0. The highest BCUT2D eigenvalue weighted by molar-refractivity contribution is 8.14. The molecule has 0 aromatic carbocycles. The molecule has 0 radical (unpaired) electrons. The van der Waals surface area contributed by atoms with Crippen molar-refractivity contribution in [3.8, 4) is 0 Å². The van der Waals surface area contributed by atoms with E-state index in [1.54, 1.807) is 0 Å². The van der Waals surface area contributed by atoms with Gasteiger partial charge in [0.1, 0.15) is 11.4 Å². The number of aromatic nitrogens is 1. The lowest BCUT2D eigenvalue weighted by Crippen LogP contribution is -2.27. The van der Waals surface area contributed by atoms with E-state index in [-0.39, 0.29) is 29.5 Å². The van der Waals surface area contributed by atoms with Crippen LogP contribution < -0.4 is 4.90 Å². The van der Waals surface area contributed by atoms with Crippen molar-refractivity contribution in [2.24, 2.45) is 0 Å². The monoisotopic (exact) mass is 339 g/mol. The fraction of sp³-hybridized carbons (Fsp3) is 0.333. The Bertz CT molecular complexity index is 693. The van der Waals surface area contributed by atoms with Gasteiger partial charge < -0.3 is 0 Å². The molecule has 108 valence electrons. The number of pyridine rings is 1. The molecular weight excluding hydrogens is 333 g/mol. The largest absolute Gasteiger partial charge is 0.294 e. The van der Waals surface area contributed by atoms with E-state index >= 15 is 0 Å². The quantitative estimate of drug-likeness (QED) is 0.466. The second-order valence-electron chi connectivity index (χ2n) is 4.06. The average molecular weight is 340 g/mol. The SMILES string of the molecule is O=C1CC(S(=O)(=O)Cl)CN1c1ncc([N+](=O)[O-])cc1Cl. The van der Waals surface area contributed by atoms with E-state index in [1.165, 1.54) is 0 Å². The minimum Gasteiger partial charge on any atom is -0.294 e. The van der Waals surface area contributed by atoms with Crippen LogP contribution in [-0.2, 0) is 13.8 Å². The summed E-state index contributed by atoms with van der Waals surface area (Å²) in [6, 6.07) is 1.04. The number of hydrogen-bond donors (Lipinski definition) is 0. The first kappa shape index (κ1) is 14.9. The van der Waals surface area contributed by atoms with E-state index in [0.29, 0.717) is 0 Å². The molecule has 1 aromatic heterocycles. The summed E-state index contributed by atoms with van der Waals surface area (Å²) in [7, 11) is 1.33. The van der Waals surface area contributed by atoms with Gasteiger partial charge in [0.15, 0.2) is 5.82 Å². The molecule has 1 unspecified atom stereocenters. The third-order valence-electron chi connectivity index (χ3n) is 2.76. The minimum atomic E-state index is -3.88. The van der Waals surface area contributed by atoms with Crippen LogP contribution in [0.25, 0.3) is 0 Å². The Morgan fingerprint density at radius 1 is 1.50 bits per heavy atom. The van der Waals surface area contributed by atoms with Crippen LogP contribution in [0, 0.1) is 10.1 Å². The molecule has 1 fully saturated rings. The molecule has 0 aliphatic carbocycles. The van der Waals surface area contributed by atoms with E-state index < -0.39 is 25.1 Å². The molecule has 2 heterocycles. The van der Waals surface area contributed by atoms with Gasteiger partial charge in [0.2, 0.25) is 15.0 Å². The number of hydrogen-bond acceptors (Lipinski definition) is 6. The first-order valence-corrected chi connectivity index (χ1v) is 7.99. The smallest absolute Gasteiger partial charge is 0.289 e. The van der Waals surface area contributed by atoms with Crippen molar-refractivity contribution >= 4 is 48.7 Å². The van der Waals surface area contributed by atoms with Gasteiger partial charge in [-0.1, -0.05) is 11.6 Å². The van der Waals surface area contributed by atoms with Crippen molar-refractivity contribution in [3.05, 3.63) is 27.4 Å². The van der Waals surface area contributed by atoms with Gasteiger partial charge >= 0.3 is 0 Å². The van der Waals surface area contributed by atoms with Gasteiger partial charge in [-0.2, -0.15) is 0 Å².